The average molecular weight is 455 g/mol. The number of benzene rings is 1. The predicted octanol–water partition coefficient (Wildman–Crippen LogP) is 4.35. The van der Waals surface area contributed by atoms with Crippen LogP contribution < -0.4 is 16.0 Å². The van der Waals surface area contributed by atoms with E-state index in [-0.39, 0.29) is 23.6 Å². The van der Waals surface area contributed by atoms with Gasteiger partial charge in [0.05, 0.1) is 17.1 Å². The van der Waals surface area contributed by atoms with Gasteiger partial charge in [0.25, 0.3) is 5.91 Å². The van der Waals surface area contributed by atoms with Crippen molar-refractivity contribution in [1.82, 2.24) is 10.3 Å². The molecule has 7 nitrogen and oxygen atoms in total. The molecule has 31 heavy (non-hydrogen) atoms. The molecule has 1 fully saturated rings. The van der Waals surface area contributed by atoms with Gasteiger partial charge in [0, 0.05) is 34.3 Å². The Kier molecular flexibility index (Phi) is 6.15. The summed E-state index contributed by atoms with van der Waals surface area (Å²) < 4.78 is 0. The standard InChI is InChI=1S/C22H22N4O3S2/c1-12-8-17(12)21(29)24-15-5-3-4-14(9-15)20(28)26-22-25-18(11-30-22)19-7-6-16(31-19)10-23-13(2)27/h3-7,9,11-12,17H,8,10H2,1-2H3,(H,23,27)(H,24,29)(H,25,26,28). The first-order valence-electron chi connectivity index (χ1n) is 9.90. The number of nitrogens with one attached hydrogen (secondary N) is 3. The Bertz CT molecular complexity index is 1140. The van der Waals surface area contributed by atoms with Crippen molar-refractivity contribution < 1.29 is 14.4 Å². The monoisotopic (exact) mass is 454 g/mol. The third-order valence-electron chi connectivity index (χ3n) is 4.99. The van der Waals surface area contributed by atoms with Crippen molar-refractivity contribution in [3.05, 3.63) is 52.2 Å². The van der Waals surface area contributed by atoms with Gasteiger partial charge in [-0.2, -0.15) is 0 Å². The Labute approximate surface area is 187 Å². The fraction of sp³-hybridized carbons (Fsp3) is 0.273. The molecule has 4 rings (SSSR count). The van der Waals surface area contributed by atoms with Crippen LogP contribution in [0.1, 0.15) is 35.5 Å². The summed E-state index contributed by atoms with van der Waals surface area (Å²) in [6.07, 6.45) is 0.914. The van der Waals surface area contributed by atoms with Crippen molar-refractivity contribution in [1.29, 1.82) is 0 Å². The Balaban J connectivity index is 1.38. The van der Waals surface area contributed by atoms with Gasteiger partial charge in [-0.1, -0.05) is 13.0 Å². The lowest BCUT2D eigenvalue weighted by Gasteiger charge is -2.07. The number of thiazole rings is 1. The topological polar surface area (TPSA) is 100 Å². The summed E-state index contributed by atoms with van der Waals surface area (Å²) in [6.45, 7) is 4.03. The van der Waals surface area contributed by atoms with E-state index in [0.717, 1.165) is 21.9 Å². The summed E-state index contributed by atoms with van der Waals surface area (Å²) in [7, 11) is 0. The smallest absolute Gasteiger partial charge is 0.257 e. The third-order valence-corrected chi connectivity index (χ3v) is 6.85. The van der Waals surface area contributed by atoms with Crippen LogP contribution in [-0.2, 0) is 16.1 Å². The SMILES string of the molecule is CC(=O)NCc1ccc(-c2csc(NC(=O)c3cccc(NC(=O)C4CC4C)c3)n2)s1. The number of aromatic nitrogens is 1. The van der Waals surface area contributed by atoms with Gasteiger partial charge in [-0.3, -0.25) is 19.7 Å². The lowest BCUT2D eigenvalue weighted by molar-refractivity contribution is -0.119. The first-order valence-corrected chi connectivity index (χ1v) is 11.6. The van der Waals surface area contributed by atoms with E-state index in [1.165, 1.54) is 18.3 Å². The van der Waals surface area contributed by atoms with Gasteiger partial charge in [0.1, 0.15) is 0 Å². The summed E-state index contributed by atoms with van der Waals surface area (Å²) in [5.74, 6) is 0.148. The Morgan fingerprint density at radius 2 is 1.97 bits per heavy atom. The van der Waals surface area contributed by atoms with Gasteiger partial charge >= 0.3 is 0 Å². The van der Waals surface area contributed by atoms with Crippen LogP contribution in [0.3, 0.4) is 0 Å². The quantitative estimate of drug-likeness (QED) is 0.494. The number of nitrogens with zero attached hydrogens (tertiary/aromatic N) is 1. The number of anilines is 2. The molecule has 2 aromatic heterocycles. The Morgan fingerprint density at radius 3 is 2.71 bits per heavy atom. The molecule has 0 saturated heterocycles. The molecule has 0 aliphatic heterocycles. The second-order valence-electron chi connectivity index (χ2n) is 7.56. The van der Waals surface area contributed by atoms with Crippen LogP contribution in [0.2, 0.25) is 0 Å². The molecule has 160 valence electrons. The van der Waals surface area contributed by atoms with Gasteiger partial charge < -0.3 is 10.6 Å². The van der Waals surface area contributed by atoms with Crippen LogP contribution in [0, 0.1) is 11.8 Å². The first-order chi connectivity index (χ1) is 14.9. The summed E-state index contributed by atoms with van der Waals surface area (Å²) in [4.78, 5) is 42.3. The van der Waals surface area contributed by atoms with Crippen LogP contribution in [0.4, 0.5) is 10.8 Å². The van der Waals surface area contributed by atoms with Crippen molar-refractivity contribution >= 4 is 51.2 Å². The molecule has 0 radical (unpaired) electrons. The minimum absolute atomic E-state index is 0.00319. The van der Waals surface area contributed by atoms with Crippen LogP contribution in [-0.4, -0.2) is 22.7 Å². The van der Waals surface area contributed by atoms with Crippen molar-refractivity contribution in [3.63, 3.8) is 0 Å². The minimum atomic E-state index is -0.283. The molecule has 3 amide bonds. The molecule has 1 aliphatic carbocycles. The zero-order chi connectivity index (χ0) is 22.0. The molecular weight excluding hydrogens is 432 g/mol. The molecule has 9 heteroatoms. The largest absolute Gasteiger partial charge is 0.351 e. The van der Waals surface area contributed by atoms with Crippen LogP contribution in [0.25, 0.3) is 10.6 Å². The molecule has 2 atom stereocenters. The summed E-state index contributed by atoms with van der Waals surface area (Å²) >= 11 is 2.89. The van der Waals surface area contributed by atoms with E-state index >= 15 is 0 Å². The van der Waals surface area contributed by atoms with Crippen molar-refractivity contribution in [2.24, 2.45) is 11.8 Å². The maximum Gasteiger partial charge on any atom is 0.257 e. The van der Waals surface area contributed by atoms with Crippen molar-refractivity contribution in [3.8, 4) is 10.6 Å². The molecular formula is C22H22N4O3S2. The molecule has 0 spiro atoms. The van der Waals surface area contributed by atoms with Crippen molar-refractivity contribution in [2.75, 3.05) is 10.6 Å². The maximum absolute atomic E-state index is 12.7. The predicted molar refractivity (Wildman–Crippen MR) is 123 cm³/mol. The van der Waals surface area contributed by atoms with E-state index in [9.17, 15) is 14.4 Å². The molecule has 3 N–H and O–H groups in total. The number of rotatable bonds is 7. The van der Waals surface area contributed by atoms with Crippen molar-refractivity contribution in [2.45, 2.75) is 26.8 Å². The van der Waals surface area contributed by atoms with Crippen LogP contribution >= 0.6 is 22.7 Å². The van der Waals surface area contributed by atoms with Gasteiger partial charge in [-0.05, 0) is 42.7 Å². The van der Waals surface area contributed by atoms with E-state index in [0.29, 0.717) is 28.8 Å². The number of carbonyl (C=O) groups excluding carboxylic acids is 3. The van der Waals surface area contributed by atoms with Gasteiger partial charge in [0.2, 0.25) is 11.8 Å². The highest BCUT2D eigenvalue weighted by Crippen LogP contribution is 2.38. The van der Waals surface area contributed by atoms with Gasteiger partial charge in [0.15, 0.2) is 5.13 Å². The summed E-state index contributed by atoms with van der Waals surface area (Å²) in [5, 5.41) is 10.9. The lowest BCUT2D eigenvalue weighted by atomic mass is 10.2. The third kappa shape index (κ3) is 5.36. The van der Waals surface area contributed by atoms with Gasteiger partial charge in [-0.25, -0.2) is 4.98 Å². The normalized spacial score (nSPS) is 17.1. The Morgan fingerprint density at radius 1 is 1.16 bits per heavy atom. The fourth-order valence-electron chi connectivity index (χ4n) is 3.10. The average Bonchev–Trinajstić information content (AvgIpc) is 3.11. The lowest BCUT2D eigenvalue weighted by Crippen LogP contribution is -2.17. The molecule has 3 aromatic rings. The number of amides is 3. The number of carbonyl (C=O) groups is 3. The van der Waals surface area contributed by atoms with Gasteiger partial charge in [-0.15, -0.1) is 22.7 Å². The van der Waals surface area contributed by atoms with E-state index in [2.05, 4.69) is 27.9 Å². The maximum atomic E-state index is 12.7. The van der Waals surface area contributed by atoms with Crippen LogP contribution in [0.5, 0.6) is 0 Å². The van der Waals surface area contributed by atoms with E-state index in [1.807, 2.05) is 17.5 Å². The highest BCUT2D eigenvalue weighted by molar-refractivity contribution is 7.17. The molecule has 2 heterocycles. The number of thiophene rings is 1. The highest BCUT2D eigenvalue weighted by atomic mass is 32.1. The van der Waals surface area contributed by atoms with E-state index in [1.54, 1.807) is 35.6 Å². The highest BCUT2D eigenvalue weighted by Gasteiger charge is 2.39. The second-order valence-corrected chi connectivity index (χ2v) is 9.58. The summed E-state index contributed by atoms with van der Waals surface area (Å²) in [5.41, 5.74) is 1.84. The van der Waals surface area contributed by atoms with Crippen LogP contribution in [0.15, 0.2) is 41.8 Å². The zero-order valence-corrected chi connectivity index (χ0v) is 18.7. The fourth-order valence-corrected chi connectivity index (χ4v) is 4.78. The van der Waals surface area contributed by atoms with E-state index < -0.39 is 0 Å². The molecule has 0 bridgehead atoms. The minimum Gasteiger partial charge on any atom is -0.351 e. The van der Waals surface area contributed by atoms with E-state index in [4.69, 9.17) is 0 Å². The second kappa shape index (κ2) is 8.99. The molecule has 1 aromatic carbocycles. The molecule has 1 saturated carbocycles. The summed E-state index contributed by atoms with van der Waals surface area (Å²) in [6, 6.07) is 10.8. The molecule has 1 aliphatic rings. The zero-order valence-electron chi connectivity index (χ0n) is 17.1. The molecule has 2 unspecified atom stereocenters. The number of hydrogen-bond acceptors (Lipinski definition) is 6. The Hall–Kier alpha value is -3.04. The number of hydrogen-bond donors (Lipinski definition) is 3. The first kappa shape index (κ1) is 21.2.